The van der Waals surface area contributed by atoms with Crippen LogP contribution in [0.25, 0.3) is 11.2 Å². The standard InChI is InChI=1S/C13H20N6O/c14-13-18-11(10-12(19-13)17-8-16-10)15-6-7-20-9-4-2-1-3-5-9/h8-9H,1-7H2,(H4,14,15,16,17,18,19). The molecule has 2 aromatic rings. The summed E-state index contributed by atoms with van der Waals surface area (Å²) in [5.74, 6) is 0.901. The molecule has 2 heterocycles. The third kappa shape index (κ3) is 2.98. The third-order valence-electron chi connectivity index (χ3n) is 3.60. The van der Waals surface area contributed by atoms with Crippen molar-refractivity contribution in [1.29, 1.82) is 0 Å². The van der Waals surface area contributed by atoms with Crippen LogP contribution in [0.5, 0.6) is 0 Å². The maximum Gasteiger partial charge on any atom is 0.224 e. The molecule has 1 aliphatic rings. The summed E-state index contributed by atoms with van der Waals surface area (Å²) in [5.41, 5.74) is 7.01. The average Bonchev–Trinajstić information content (AvgIpc) is 2.92. The van der Waals surface area contributed by atoms with Gasteiger partial charge in [-0.15, -0.1) is 0 Å². The number of aromatic amines is 1. The van der Waals surface area contributed by atoms with Crippen LogP contribution in [0, 0.1) is 0 Å². The van der Waals surface area contributed by atoms with Gasteiger partial charge in [-0.25, -0.2) is 4.98 Å². The number of fused-ring (bicyclic) bond motifs is 1. The van der Waals surface area contributed by atoms with Gasteiger partial charge in [-0.05, 0) is 12.8 Å². The second-order valence-corrected chi connectivity index (χ2v) is 5.09. The molecule has 108 valence electrons. The summed E-state index contributed by atoms with van der Waals surface area (Å²) >= 11 is 0. The zero-order valence-corrected chi connectivity index (χ0v) is 11.4. The number of nitrogen functional groups attached to an aromatic ring is 1. The van der Waals surface area contributed by atoms with Gasteiger partial charge in [0.15, 0.2) is 11.5 Å². The fourth-order valence-corrected chi connectivity index (χ4v) is 2.60. The first-order valence-corrected chi connectivity index (χ1v) is 7.15. The Morgan fingerprint density at radius 2 is 2.15 bits per heavy atom. The zero-order valence-electron chi connectivity index (χ0n) is 11.4. The van der Waals surface area contributed by atoms with E-state index in [1.807, 2.05) is 0 Å². The second kappa shape index (κ2) is 6.04. The maximum absolute atomic E-state index is 5.87. The van der Waals surface area contributed by atoms with Crippen molar-refractivity contribution in [2.24, 2.45) is 0 Å². The molecule has 20 heavy (non-hydrogen) atoms. The van der Waals surface area contributed by atoms with E-state index in [-0.39, 0.29) is 5.95 Å². The minimum Gasteiger partial charge on any atom is -0.376 e. The Hall–Kier alpha value is -1.89. The number of aromatic nitrogens is 4. The highest BCUT2D eigenvalue weighted by atomic mass is 16.5. The van der Waals surface area contributed by atoms with Crippen molar-refractivity contribution in [3.8, 4) is 0 Å². The topological polar surface area (TPSA) is 102 Å². The minimum absolute atomic E-state index is 0.222. The van der Waals surface area contributed by atoms with Crippen molar-refractivity contribution >= 4 is 22.9 Å². The lowest BCUT2D eigenvalue weighted by Gasteiger charge is -2.22. The van der Waals surface area contributed by atoms with Crippen molar-refractivity contribution in [2.75, 3.05) is 24.2 Å². The number of anilines is 2. The van der Waals surface area contributed by atoms with Crippen LogP contribution in [0.4, 0.5) is 11.8 Å². The predicted octanol–water partition coefficient (Wildman–Crippen LogP) is 1.70. The Balaban J connectivity index is 1.53. The molecule has 0 spiro atoms. The first kappa shape index (κ1) is 13.1. The van der Waals surface area contributed by atoms with E-state index in [1.165, 1.54) is 32.1 Å². The van der Waals surface area contributed by atoms with Gasteiger partial charge in [0.2, 0.25) is 5.95 Å². The Labute approximate surface area is 117 Å². The van der Waals surface area contributed by atoms with Gasteiger partial charge in [-0.2, -0.15) is 9.97 Å². The molecular weight excluding hydrogens is 256 g/mol. The lowest BCUT2D eigenvalue weighted by Crippen LogP contribution is -2.21. The normalized spacial score (nSPS) is 16.6. The van der Waals surface area contributed by atoms with Gasteiger partial charge in [0.1, 0.15) is 5.52 Å². The Bertz CT molecular complexity index is 563. The molecule has 4 N–H and O–H groups in total. The molecule has 3 rings (SSSR count). The first-order valence-electron chi connectivity index (χ1n) is 7.15. The molecule has 0 aromatic carbocycles. The minimum atomic E-state index is 0.222. The predicted molar refractivity (Wildman–Crippen MR) is 77.4 cm³/mol. The number of nitrogens with zero attached hydrogens (tertiary/aromatic N) is 3. The lowest BCUT2D eigenvalue weighted by atomic mass is 9.98. The van der Waals surface area contributed by atoms with E-state index >= 15 is 0 Å². The quantitative estimate of drug-likeness (QED) is 0.718. The number of ether oxygens (including phenoxy) is 1. The Kier molecular flexibility index (Phi) is 3.96. The van der Waals surface area contributed by atoms with Gasteiger partial charge in [0, 0.05) is 6.54 Å². The van der Waals surface area contributed by atoms with Crippen LogP contribution in [0.3, 0.4) is 0 Å². The van der Waals surface area contributed by atoms with Crippen molar-refractivity contribution < 1.29 is 4.74 Å². The van der Waals surface area contributed by atoms with Crippen molar-refractivity contribution in [3.05, 3.63) is 6.33 Å². The van der Waals surface area contributed by atoms with Gasteiger partial charge in [-0.1, -0.05) is 19.3 Å². The number of hydrogen-bond donors (Lipinski definition) is 3. The van der Waals surface area contributed by atoms with Gasteiger partial charge in [0.25, 0.3) is 0 Å². The zero-order chi connectivity index (χ0) is 13.8. The third-order valence-corrected chi connectivity index (χ3v) is 3.60. The van der Waals surface area contributed by atoms with Crippen LogP contribution in [0.2, 0.25) is 0 Å². The van der Waals surface area contributed by atoms with Gasteiger partial charge >= 0.3 is 0 Å². The second-order valence-electron chi connectivity index (χ2n) is 5.09. The van der Waals surface area contributed by atoms with Gasteiger partial charge in [-0.3, -0.25) is 0 Å². The maximum atomic E-state index is 5.87. The first-order chi connectivity index (χ1) is 9.83. The number of imidazole rings is 1. The van der Waals surface area contributed by atoms with Crippen molar-refractivity contribution in [3.63, 3.8) is 0 Å². The van der Waals surface area contributed by atoms with E-state index in [2.05, 4.69) is 25.3 Å². The average molecular weight is 276 g/mol. The summed E-state index contributed by atoms with van der Waals surface area (Å²) in [6.07, 6.45) is 8.30. The molecule has 0 radical (unpaired) electrons. The number of nitrogens with one attached hydrogen (secondary N) is 2. The molecular formula is C13H20N6O. The summed E-state index contributed by atoms with van der Waals surface area (Å²) in [6.45, 7) is 1.37. The molecule has 7 nitrogen and oxygen atoms in total. The fourth-order valence-electron chi connectivity index (χ4n) is 2.60. The van der Waals surface area contributed by atoms with Crippen LogP contribution in [-0.4, -0.2) is 39.2 Å². The van der Waals surface area contributed by atoms with Gasteiger partial charge < -0.3 is 20.8 Å². The highest BCUT2D eigenvalue weighted by molar-refractivity contribution is 5.83. The molecule has 0 saturated heterocycles. The Morgan fingerprint density at radius 1 is 1.30 bits per heavy atom. The molecule has 2 aromatic heterocycles. The molecule has 0 atom stereocenters. The largest absolute Gasteiger partial charge is 0.376 e. The molecule has 7 heteroatoms. The van der Waals surface area contributed by atoms with Crippen molar-refractivity contribution in [1.82, 2.24) is 19.9 Å². The SMILES string of the molecule is Nc1nc(NCCOC2CCCCC2)c2[nH]cnc2n1. The van der Waals surface area contributed by atoms with Crippen molar-refractivity contribution in [2.45, 2.75) is 38.2 Å². The monoisotopic (exact) mass is 276 g/mol. The number of nitrogens with two attached hydrogens (primary N) is 1. The number of hydrogen-bond acceptors (Lipinski definition) is 6. The highest BCUT2D eigenvalue weighted by Gasteiger charge is 2.13. The van der Waals surface area contributed by atoms with E-state index in [1.54, 1.807) is 6.33 Å². The van der Waals surface area contributed by atoms with E-state index in [4.69, 9.17) is 10.5 Å². The van der Waals surface area contributed by atoms with Gasteiger partial charge in [0.05, 0.1) is 19.0 Å². The number of rotatable bonds is 5. The van der Waals surface area contributed by atoms with Crippen LogP contribution >= 0.6 is 0 Å². The summed E-state index contributed by atoms with van der Waals surface area (Å²) in [5, 5.41) is 3.23. The summed E-state index contributed by atoms with van der Waals surface area (Å²) in [7, 11) is 0. The molecule has 1 saturated carbocycles. The van der Waals surface area contributed by atoms with E-state index in [0.29, 0.717) is 30.7 Å². The highest BCUT2D eigenvalue weighted by Crippen LogP contribution is 2.20. The van der Waals surface area contributed by atoms with Crippen LogP contribution in [0.15, 0.2) is 6.33 Å². The Morgan fingerprint density at radius 3 is 3.00 bits per heavy atom. The van der Waals surface area contributed by atoms with E-state index in [0.717, 1.165) is 5.52 Å². The smallest absolute Gasteiger partial charge is 0.224 e. The van der Waals surface area contributed by atoms with Crippen LogP contribution in [0.1, 0.15) is 32.1 Å². The van der Waals surface area contributed by atoms with E-state index < -0.39 is 0 Å². The fraction of sp³-hybridized carbons (Fsp3) is 0.615. The van der Waals surface area contributed by atoms with Crippen LogP contribution in [-0.2, 0) is 4.74 Å². The summed E-state index contributed by atoms with van der Waals surface area (Å²) < 4.78 is 5.87. The molecule has 1 aliphatic carbocycles. The number of H-pyrrole nitrogens is 1. The molecule has 0 bridgehead atoms. The molecule has 0 amide bonds. The summed E-state index contributed by atoms with van der Waals surface area (Å²) in [4.78, 5) is 15.3. The molecule has 1 fully saturated rings. The molecule has 0 aliphatic heterocycles. The molecule has 0 unspecified atom stereocenters. The summed E-state index contributed by atoms with van der Waals surface area (Å²) in [6, 6.07) is 0. The van der Waals surface area contributed by atoms with E-state index in [9.17, 15) is 0 Å². The lowest BCUT2D eigenvalue weighted by molar-refractivity contribution is 0.0347. The van der Waals surface area contributed by atoms with Crippen LogP contribution < -0.4 is 11.1 Å².